The largest absolute Gasteiger partial charge is 0.334 e. The van der Waals surface area contributed by atoms with Gasteiger partial charge in [0.1, 0.15) is 4.47 Å². The molecule has 0 aromatic heterocycles. The predicted octanol–water partition coefficient (Wildman–Crippen LogP) is 3.15. The zero-order valence-corrected chi connectivity index (χ0v) is 12.0. The summed E-state index contributed by atoms with van der Waals surface area (Å²) in [5, 5.41) is 10.9. The molecule has 0 fully saturated rings. The van der Waals surface area contributed by atoms with E-state index in [1.165, 1.54) is 12.1 Å². The number of amides is 1. The van der Waals surface area contributed by atoms with Gasteiger partial charge in [-0.05, 0) is 35.3 Å². The van der Waals surface area contributed by atoms with Gasteiger partial charge in [-0.3, -0.25) is 14.9 Å². The molecule has 19 heavy (non-hydrogen) atoms. The molecule has 0 bridgehead atoms. The number of rotatable bonds is 2. The lowest BCUT2D eigenvalue weighted by Crippen LogP contribution is -2.35. The first kappa shape index (κ1) is 13.7. The second-order valence-corrected chi connectivity index (χ2v) is 5.25. The van der Waals surface area contributed by atoms with Crippen molar-refractivity contribution in [1.82, 2.24) is 4.90 Å². The topological polar surface area (TPSA) is 63.5 Å². The van der Waals surface area contributed by atoms with E-state index in [1.54, 1.807) is 11.0 Å². The molecule has 0 atom stereocenters. The number of nitrogens with zero attached hydrogens (tertiary/aromatic N) is 2. The van der Waals surface area contributed by atoms with Crippen LogP contribution >= 0.6 is 15.9 Å². The Balaban J connectivity index is 2.32. The van der Waals surface area contributed by atoms with Crippen molar-refractivity contribution in [2.24, 2.45) is 0 Å². The summed E-state index contributed by atoms with van der Waals surface area (Å²) in [7, 11) is 0. The first-order valence-corrected chi connectivity index (χ1v) is 6.68. The number of halogens is 1. The Morgan fingerprint density at radius 1 is 1.47 bits per heavy atom. The molecule has 0 radical (unpaired) electrons. The average molecular weight is 325 g/mol. The van der Waals surface area contributed by atoms with Crippen LogP contribution in [-0.2, 0) is 0 Å². The van der Waals surface area contributed by atoms with Crippen LogP contribution in [0.15, 0.2) is 34.3 Å². The lowest BCUT2D eigenvalue weighted by molar-refractivity contribution is -0.385. The number of carbonyl (C=O) groups excluding carboxylic acids is 1. The summed E-state index contributed by atoms with van der Waals surface area (Å²) in [6.45, 7) is 3.20. The van der Waals surface area contributed by atoms with E-state index in [0.717, 1.165) is 12.0 Å². The molecule has 6 heteroatoms. The minimum Gasteiger partial charge on any atom is -0.334 e. The molecule has 1 heterocycles. The molecule has 0 N–H and O–H groups in total. The van der Waals surface area contributed by atoms with E-state index in [4.69, 9.17) is 0 Å². The summed E-state index contributed by atoms with van der Waals surface area (Å²) in [5.41, 5.74) is 1.39. The summed E-state index contributed by atoms with van der Waals surface area (Å²) in [6, 6.07) is 4.51. The van der Waals surface area contributed by atoms with E-state index in [2.05, 4.69) is 22.0 Å². The van der Waals surface area contributed by atoms with Crippen LogP contribution in [0.2, 0.25) is 0 Å². The Morgan fingerprint density at radius 3 is 2.84 bits per heavy atom. The van der Waals surface area contributed by atoms with Crippen LogP contribution < -0.4 is 0 Å². The molecular weight excluding hydrogens is 312 g/mol. The van der Waals surface area contributed by atoms with Crippen molar-refractivity contribution in [2.75, 3.05) is 13.1 Å². The monoisotopic (exact) mass is 324 g/mol. The Hall–Kier alpha value is -1.69. The van der Waals surface area contributed by atoms with Gasteiger partial charge < -0.3 is 4.90 Å². The van der Waals surface area contributed by atoms with Crippen LogP contribution in [0.4, 0.5) is 5.69 Å². The Bertz CT molecular complexity index is 569. The molecule has 1 aliphatic rings. The lowest BCUT2D eigenvalue weighted by Gasteiger charge is -2.26. The maximum Gasteiger partial charge on any atom is 0.284 e. The highest BCUT2D eigenvalue weighted by molar-refractivity contribution is 9.10. The number of carbonyl (C=O) groups is 1. The number of nitro benzene ring substituents is 1. The van der Waals surface area contributed by atoms with Gasteiger partial charge in [-0.25, -0.2) is 0 Å². The van der Waals surface area contributed by atoms with Crippen LogP contribution in [-0.4, -0.2) is 28.8 Å². The molecule has 100 valence electrons. The second-order valence-electron chi connectivity index (χ2n) is 4.46. The van der Waals surface area contributed by atoms with Gasteiger partial charge in [0, 0.05) is 19.2 Å². The van der Waals surface area contributed by atoms with Crippen molar-refractivity contribution in [3.05, 3.63) is 50.0 Å². The molecule has 0 aliphatic carbocycles. The summed E-state index contributed by atoms with van der Waals surface area (Å²) in [5.74, 6) is -0.178. The van der Waals surface area contributed by atoms with Gasteiger partial charge in [-0.2, -0.15) is 0 Å². The molecule has 0 spiro atoms. The van der Waals surface area contributed by atoms with Crippen LogP contribution in [0.1, 0.15) is 23.7 Å². The molecule has 1 amide bonds. The third-order valence-electron chi connectivity index (χ3n) is 3.02. The van der Waals surface area contributed by atoms with Crippen molar-refractivity contribution in [2.45, 2.75) is 13.3 Å². The van der Waals surface area contributed by atoms with Crippen molar-refractivity contribution in [1.29, 1.82) is 0 Å². The van der Waals surface area contributed by atoms with Crippen molar-refractivity contribution < 1.29 is 9.72 Å². The van der Waals surface area contributed by atoms with Crippen molar-refractivity contribution in [3.63, 3.8) is 0 Å². The molecule has 0 saturated heterocycles. The highest BCUT2D eigenvalue weighted by Crippen LogP contribution is 2.29. The smallest absolute Gasteiger partial charge is 0.284 e. The van der Waals surface area contributed by atoms with Gasteiger partial charge in [-0.15, -0.1) is 0 Å². The van der Waals surface area contributed by atoms with E-state index in [1.807, 2.05) is 6.92 Å². The van der Waals surface area contributed by atoms with E-state index in [9.17, 15) is 14.9 Å². The van der Waals surface area contributed by atoms with Gasteiger partial charge in [0.05, 0.1) is 10.5 Å². The number of benzene rings is 1. The summed E-state index contributed by atoms with van der Waals surface area (Å²) in [6.07, 6.45) is 2.93. The summed E-state index contributed by atoms with van der Waals surface area (Å²) in [4.78, 5) is 24.5. The number of nitro groups is 1. The van der Waals surface area contributed by atoms with Gasteiger partial charge in [-0.1, -0.05) is 17.7 Å². The quantitative estimate of drug-likeness (QED) is 0.477. The molecule has 5 nitrogen and oxygen atoms in total. The zero-order valence-electron chi connectivity index (χ0n) is 10.4. The normalized spacial score (nSPS) is 15.1. The van der Waals surface area contributed by atoms with Crippen LogP contribution in [0, 0.1) is 10.1 Å². The fourth-order valence-electron chi connectivity index (χ4n) is 2.08. The molecular formula is C13H13BrN2O3. The standard InChI is InChI=1S/C13H13BrN2O3/c1-9-4-3-7-15(8-9)13(17)10-5-2-6-11(12(10)14)16(18)19/h2,4-6H,3,7-8H2,1H3. The highest BCUT2D eigenvalue weighted by atomic mass is 79.9. The lowest BCUT2D eigenvalue weighted by atomic mass is 10.1. The fourth-order valence-corrected chi connectivity index (χ4v) is 2.66. The Kier molecular flexibility index (Phi) is 3.99. The third kappa shape index (κ3) is 2.84. The molecule has 1 aliphatic heterocycles. The van der Waals surface area contributed by atoms with Gasteiger partial charge >= 0.3 is 0 Å². The van der Waals surface area contributed by atoms with Crippen LogP contribution in [0.3, 0.4) is 0 Å². The molecule has 0 saturated carbocycles. The maximum absolute atomic E-state index is 12.4. The Morgan fingerprint density at radius 2 is 2.21 bits per heavy atom. The van der Waals surface area contributed by atoms with Crippen LogP contribution in [0.25, 0.3) is 0 Å². The molecule has 0 unspecified atom stereocenters. The van der Waals surface area contributed by atoms with Gasteiger partial charge in [0.25, 0.3) is 11.6 Å². The third-order valence-corrected chi connectivity index (χ3v) is 3.86. The Labute approximate surface area is 119 Å². The first-order valence-electron chi connectivity index (χ1n) is 5.88. The van der Waals surface area contributed by atoms with E-state index < -0.39 is 4.92 Å². The average Bonchev–Trinajstić information content (AvgIpc) is 2.38. The molecule has 1 aromatic carbocycles. The maximum atomic E-state index is 12.4. The molecule has 1 aromatic rings. The van der Waals surface area contributed by atoms with Gasteiger partial charge in [0.2, 0.25) is 0 Å². The minimum atomic E-state index is -0.498. The first-order chi connectivity index (χ1) is 9.00. The molecule has 2 rings (SSSR count). The number of hydrogen-bond donors (Lipinski definition) is 0. The SMILES string of the molecule is CC1=CCCN(C(=O)c2cccc([N+](=O)[O-])c2Br)C1. The highest BCUT2D eigenvalue weighted by Gasteiger charge is 2.24. The van der Waals surface area contributed by atoms with E-state index >= 15 is 0 Å². The van der Waals surface area contributed by atoms with E-state index in [0.29, 0.717) is 18.7 Å². The van der Waals surface area contributed by atoms with Crippen molar-refractivity contribution in [3.8, 4) is 0 Å². The predicted molar refractivity (Wildman–Crippen MR) is 75.1 cm³/mol. The minimum absolute atomic E-state index is 0.0878. The zero-order chi connectivity index (χ0) is 14.0. The van der Waals surface area contributed by atoms with Gasteiger partial charge in [0.15, 0.2) is 0 Å². The fraction of sp³-hybridized carbons (Fsp3) is 0.308. The summed E-state index contributed by atoms with van der Waals surface area (Å²) < 4.78 is 0.247. The van der Waals surface area contributed by atoms with Crippen LogP contribution in [0.5, 0.6) is 0 Å². The second kappa shape index (κ2) is 5.52. The summed E-state index contributed by atoms with van der Waals surface area (Å²) >= 11 is 3.16. The van der Waals surface area contributed by atoms with E-state index in [-0.39, 0.29) is 16.1 Å². The number of hydrogen-bond acceptors (Lipinski definition) is 3. The van der Waals surface area contributed by atoms with Crippen molar-refractivity contribution >= 4 is 27.5 Å².